The van der Waals surface area contributed by atoms with E-state index < -0.39 is 36.8 Å². The summed E-state index contributed by atoms with van der Waals surface area (Å²) in [5.41, 5.74) is 0.367. The molecule has 0 aliphatic rings. The number of carbonyl (C=O) groups is 3. The number of amides is 1. The molecule has 0 radical (unpaired) electrons. The lowest BCUT2D eigenvalue weighted by Gasteiger charge is -2.23. The first kappa shape index (κ1) is 29.1. The SMILES string of the molecule is COc1ccnc(C(=O)N[C@@H](C)C(=O)O[C@H](C)[C@@H](C)c2ncc(Cl)cc2Cl)c1OCOC(=O)C(C)C. The van der Waals surface area contributed by atoms with Gasteiger partial charge in [-0.3, -0.25) is 14.6 Å². The van der Waals surface area contributed by atoms with Gasteiger partial charge in [-0.05, 0) is 19.9 Å². The Bertz CT molecular complexity index is 1100. The normalized spacial score (nSPS) is 13.4. The number of nitrogens with zero attached hydrogens (tertiary/aromatic N) is 2. The molecule has 10 nitrogen and oxygen atoms in total. The number of pyridine rings is 2. The fraction of sp³-hybridized carbons (Fsp3) is 0.458. The van der Waals surface area contributed by atoms with Crippen molar-refractivity contribution in [3.8, 4) is 11.5 Å². The lowest BCUT2D eigenvalue weighted by atomic mass is 10.0. The van der Waals surface area contributed by atoms with E-state index >= 15 is 0 Å². The van der Waals surface area contributed by atoms with E-state index in [-0.39, 0.29) is 29.0 Å². The van der Waals surface area contributed by atoms with Gasteiger partial charge < -0.3 is 24.3 Å². The number of aromatic nitrogens is 2. The standard InChI is InChI=1S/C24H29Cl2N3O7/c1-12(2)23(31)35-11-34-21-18(33-6)7-8-27-20(21)22(30)29-14(4)24(32)36-15(5)13(3)19-17(26)9-16(25)10-28-19/h7-10,12-15H,11H2,1-6H3,(H,29,30)/t13-,14+,15-/m1/s1. The van der Waals surface area contributed by atoms with Crippen LogP contribution < -0.4 is 14.8 Å². The predicted molar refractivity (Wildman–Crippen MR) is 132 cm³/mol. The first-order valence-corrected chi connectivity index (χ1v) is 11.9. The van der Waals surface area contributed by atoms with E-state index in [1.54, 1.807) is 33.8 Å². The Morgan fingerprint density at radius 2 is 1.75 bits per heavy atom. The molecule has 0 aromatic carbocycles. The summed E-state index contributed by atoms with van der Waals surface area (Å²) in [6.45, 7) is 7.86. The molecule has 2 heterocycles. The summed E-state index contributed by atoms with van der Waals surface area (Å²) in [4.78, 5) is 45.5. The van der Waals surface area contributed by atoms with Crippen LogP contribution in [0.15, 0.2) is 24.5 Å². The maximum absolute atomic E-state index is 12.9. The number of rotatable bonds is 11. The van der Waals surface area contributed by atoms with Crippen molar-refractivity contribution in [2.75, 3.05) is 13.9 Å². The van der Waals surface area contributed by atoms with Crippen LogP contribution in [-0.2, 0) is 19.1 Å². The van der Waals surface area contributed by atoms with Gasteiger partial charge in [0, 0.05) is 24.4 Å². The summed E-state index contributed by atoms with van der Waals surface area (Å²) in [5.74, 6) is -2.40. The summed E-state index contributed by atoms with van der Waals surface area (Å²) >= 11 is 12.1. The monoisotopic (exact) mass is 541 g/mol. The summed E-state index contributed by atoms with van der Waals surface area (Å²) < 4.78 is 21.2. The zero-order chi connectivity index (χ0) is 27.0. The largest absolute Gasteiger partial charge is 0.493 e. The van der Waals surface area contributed by atoms with Gasteiger partial charge in [0.15, 0.2) is 17.2 Å². The van der Waals surface area contributed by atoms with Gasteiger partial charge in [0.05, 0.1) is 28.8 Å². The molecule has 2 aromatic heterocycles. The molecule has 12 heteroatoms. The second-order valence-electron chi connectivity index (χ2n) is 8.22. The highest BCUT2D eigenvalue weighted by molar-refractivity contribution is 6.34. The van der Waals surface area contributed by atoms with Crippen molar-refractivity contribution in [2.45, 2.75) is 52.7 Å². The fourth-order valence-electron chi connectivity index (χ4n) is 2.90. The predicted octanol–water partition coefficient (Wildman–Crippen LogP) is 4.18. The maximum Gasteiger partial charge on any atom is 0.328 e. The van der Waals surface area contributed by atoms with Gasteiger partial charge in [0.2, 0.25) is 6.79 Å². The average molecular weight is 542 g/mol. The molecule has 1 N–H and O–H groups in total. The van der Waals surface area contributed by atoms with Crippen molar-refractivity contribution >= 4 is 41.0 Å². The molecule has 0 aliphatic heterocycles. The van der Waals surface area contributed by atoms with Crippen LogP contribution in [0.5, 0.6) is 11.5 Å². The molecule has 1 amide bonds. The first-order valence-electron chi connectivity index (χ1n) is 11.1. The van der Waals surface area contributed by atoms with Crippen molar-refractivity contribution < 1.29 is 33.3 Å². The molecule has 0 unspecified atom stereocenters. The molecule has 0 fully saturated rings. The van der Waals surface area contributed by atoms with Crippen LogP contribution in [0.25, 0.3) is 0 Å². The maximum atomic E-state index is 12.9. The number of carbonyl (C=O) groups excluding carboxylic acids is 3. The van der Waals surface area contributed by atoms with Gasteiger partial charge in [-0.15, -0.1) is 0 Å². The molecule has 0 saturated heterocycles. The van der Waals surface area contributed by atoms with Crippen LogP contribution >= 0.6 is 23.2 Å². The van der Waals surface area contributed by atoms with Crippen LogP contribution in [0.4, 0.5) is 0 Å². The number of halogens is 2. The van der Waals surface area contributed by atoms with Crippen LogP contribution in [0.2, 0.25) is 10.0 Å². The Balaban J connectivity index is 2.06. The quantitative estimate of drug-likeness (QED) is 0.329. The number of ether oxygens (including phenoxy) is 4. The molecule has 2 rings (SSSR count). The summed E-state index contributed by atoms with van der Waals surface area (Å²) in [7, 11) is 1.38. The Kier molecular flexibility index (Phi) is 10.7. The van der Waals surface area contributed by atoms with E-state index in [4.69, 9.17) is 42.1 Å². The van der Waals surface area contributed by atoms with E-state index in [1.807, 2.05) is 0 Å². The Morgan fingerprint density at radius 3 is 2.36 bits per heavy atom. The average Bonchev–Trinajstić information content (AvgIpc) is 2.83. The highest BCUT2D eigenvalue weighted by atomic mass is 35.5. The molecule has 0 spiro atoms. The lowest BCUT2D eigenvalue weighted by molar-refractivity contribution is -0.154. The highest BCUT2D eigenvalue weighted by Crippen LogP contribution is 2.30. The van der Waals surface area contributed by atoms with Gasteiger partial charge in [-0.1, -0.05) is 44.0 Å². The van der Waals surface area contributed by atoms with Gasteiger partial charge in [0.1, 0.15) is 12.1 Å². The summed E-state index contributed by atoms with van der Waals surface area (Å²) in [6, 6.07) is 2.01. The summed E-state index contributed by atoms with van der Waals surface area (Å²) in [5, 5.41) is 3.28. The highest BCUT2D eigenvalue weighted by Gasteiger charge is 2.27. The van der Waals surface area contributed by atoms with Crippen molar-refractivity contribution in [3.63, 3.8) is 0 Å². The molecule has 3 atom stereocenters. The minimum atomic E-state index is -1.03. The molecular weight excluding hydrogens is 513 g/mol. The minimum absolute atomic E-state index is 0.0416. The number of hydrogen-bond acceptors (Lipinski definition) is 9. The van der Waals surface area contributed by atoms with E-state index in [0.29, 0.717) is 15.7 Å². The number of esters is 2. The zero-order valence-electron chi connectivity index (χ0n) is 20.8. The third kappa shape index (κ3) is 7.69. The lowest BCUT2D eigenvalue weighted by Crippen LogP contribution is -2.41. The van der Waals surface area contributed by atoms with E-state index in [0.717, 1.165) is 0 Å². The van der Waals surface area contributed by atoms with Crippen LogP contribution in [0.1, 0.15) is 56.7 Å². The zero-order valence-corrected chi connectivity index (χ0v) is 22.3. The smallest absolute Gasteiger partial charge is 0.328 e. The van der Waals surface area contributed by atoms with Crippen molar-refractivity contribution in [1.82, 2.24) is 15.3 Å². The second kappa shape index (κ2) is 13.3. The minimum Gasteiger partial charge on any atom is -0.493 e. The van der Waals surface area contributed by atoms with Crippen LogP contribution in [-0.4, -0.2) is 53.9 Å². The van der Waals surface area contributed by atoms with Gasteiger partial charge in [-0.2, -0.15) is 0 Å². The van der Waals surface area contributed by atoms with Crippen LogP contribution in [0.3, 0.4) is 0 Å². The Hall–Kier alpha value is -3.11. The number of hydrogen-bond donors (Lipinski definition) is 1. The first-order chi connectivity index (χ1) is 17.0. The molecular formula is C24H29Cl2N3O7. The molecule has 0 bridgehead atoms. The van der Waals surface area contributed by atoms with E-state index in [2.05, 4.69) is 15.3 Å². The van der Waals surface area contributed by atoms with Crippen molar-refractivity contribution in [1.29, 1.82) is 0 Å². The third-order valence-electron chi connectivity index (χ3n) is 5.15. The van der Waals surface area contributed by atoms with E-state index in [9.17, 15) is 14.4 Å². The summed E-state index contributed by atoms with van der Waals surface area (Å²) in [6.07, 6.45) is 2.20. The van der Waals surface area contributed by atoms with Crippen LogP contribution in [0, 0.1) is 5.92 Å². The van der Waals surface area contributed by atoms with Gasteiger partial charge in [-0.25, -0.2) is 9.78 Å². The van der Waals surface area contributed by atoms with E-state index in [1.165, 1.54) is 32.5 Å². The fourth-order valence-corrected chi connectivity index (χ4v) is 3.45. The Morgan fingerprint density at radius 1 is 1.06 bits per heavy atom. The third-order valence-corrected chi connectivity index (χ3v) is 5.66. The number of methoxy groups -OCH3 is 1. The molecule has 2 aromatic rings. The second-order valence-corrected chi connectivity index (χ2v) is 9.06. The van der Waals surface area contributed by atoms with Gasteiger partial charge >= 0.3 is 11.9 Å². The number of nitrogens with one attached hydrogen (secondary N) is 1. The van der Waals surface area contributed by atoms with Gasteiger partial charge in [0.25, 0.3) is 5.91 Å². The molecule has 36 heavy (non-hydrogen) atoms. The molecule has 0 saturated carbocycles. The topological polar surface area (TPSA) is 126 Å². The molecule has 0 aliphatic carbocycles. The Labute approximate surface area is 219 Å². The van der Waals surface area contributed by atoms with Crippen molar-refractivity contribution in [3.05, 3.63) is 46.0 Å². The van der Waals surface area contributed by atoms with Crippen molar-refractivity contribution in [2.24, 2.45) is 5.92 Å². The molecule has 196 valence electrons.